The van der Waals surface area contributed by atoms with Gasteiger partial charge in [0.1, 0.15) is 17.6 Å². The van der Waals surface area contributed by atoms with Crippen LogP contribution in [0.5, 0.6) is 11.5 Å². The lowest BCUT2D eigenvalue weighted by Gasteiger charge is -2.45. The van der Waals surface area contributed by atoms with Gasteiger partial charge in [-0.05, 0) is 129 Å². The van der Waals surface area contributed by atoms with Crippen LogP contribution in [0.3, 0.4) is 0 Å². The Morgan fingerprint density at radius 3 is 1.89 bits per heavy atom. The molecule has 81 heavy (non-hydrogen) atoms. The summed E-state index contributed by atoms with van der Waals surface area (Å²) in [6.45, 7) is 18.2. The molecule has 11 nitrogen and oxygen atoms in total. The van der Waals surface area contributed by atoms with E-state index in [4.69, 9.17) is 47.1 Å². The van der Waals surface area contributed by atoms with Gasteiger partial charge in [0.15, 0.2) is 5.79 Å². The van der Waals surface area contributed by atoms with Gasteiger partial charge in [-0.15, -0.1) is 0 Å². The van der Waals surface area contributed by atoms with E-state index >= 15 is 0 Å². The van der Waals surface area contributed by atoms with Crippen LogP contribution in [0, 0.1) is 5.92 Å². The minimum absolute atomic E-state index is 0.0140. The second-order valence-electron chi connectivity index (χ2n) is 25.3. The van der Waals surface area contributed by atoms with E-state index in [0.717, 1.165) is 73.1 Å². The quantitative estimate of drug-likeness (QED) is 0.0293. The largest absolute Gasteiger partial charge is 0.497 e. The molecule has 0 saturated carbocycles. The molecule has 12 heteroatoms. The predicted octanol–water partition coefficient (Wildman–Crippen LogP) is 13.0. The maximum atomic E-state index is 11.7. The van der Waals surface area contributed by atoms with Crippen molar-refractivity contribution in [2.24, 2.45) is 5.92 Å². The summed E-state index contributed by atoms with van der Waals surface area (Å²) >= 11 is 0. The number of methoxy groups -OCH3 is 2. The van der Waals surface area contributed by atoms with E-state index in [0.29, 0.717) is 58.7 Å². The van der Waals surface area contributed by atoms with Gasteiger partial charge in [0.2, 0.25) is 0 Å². The van der Waals surface area contributed by atoms with Crippen molar-refractivity contribution in [2.45, 2.75) is 203 Å². The Balaban J connectivity index is 0.814. The van der Waals surface area contributed by atoms with Crippen molar-refractivity contribution in [1.29, 1.82) is 0 Å². The molecule has 4 saturated heterocycles. The molecule has 0 bridgehead atoms. The molecule has 11 atom stereocenters. The van der Waals surface area contributed by atoms with Gasteiger partial charge in [0.25, 0.3) is 8.32 Å². The smallest absolute Gasteiger partial charge is 0.261 e. The highest BCUT2D eigenvalue weighted by Gasteiger charge is 2.61. The van der Waals surface area contributed by atoms with Crippen LogP contribution < -0.4 is 19.8 Å². The zero-order valence-corrected chi connectivity index (χ0v) is 50.8. The van der Waals surface area contributed by atoms with Crippen LogP contribution in [-0.2, 0) is 57.4 Å². The average molecular weight is 1130 g/mol. The highest BCUT2D eigenvalue weighted by Crippen LogP contribution is 2.51. The third kappa shape index (κ3) is 15.5. The first-order chi connectivity index (χ1) is 38.9. The minimum atomic E-state index is -2.70. The van der Waals surface area contributed by atoms with E-state index in [1.165, 1.54) is 10.4 Å². The first-order valence-corrected chi connectivity index (χ1v) is 31.8. The summed E-state index contributed by atoms with van der Waals surface area (Å²) in [6, 6.07) is 48.0. The van der Waals surface area contributed by atoms with Crippen molar-refractivity contribution < 1.29 is 52.2 Å². The average Bonchev–Trinajstić information content (AvgIpc) is 3.32. The van der Waals surface area contributed by atoms with E-state index in [9.17, 15) is 5.11 Å². The van der Waals surface area contributed by atoms with Gasteiger partial charge in [0.05, 0.1) is 88.0 Å². The summed E-state index contributed by atoms with van der Waals surface area (Å²) in [4.78, 5) is 0. The third-order valence-corrected chi connectivity index (χ3v) is 22.7. The SMILES string of the molecule is COc1ccc(CO[C@H](CC[C@@](C)(C/C=C/C(O)C[C@]2(C)O[C@H]2[C@@H]2CC[C@]3(CCC[C@@H]([C@@H](C)CO[Si](c4ccccc4)(c4ccccc4)C(C)(C)C)O3)O2)OCc2ccc(OC)cc2)[C@H]2CC[C@](C)(COCc3ccccc3)O2)cc1. The Labute approximate surface area is 485 Å². The van der Waals surface area contributed by atoms with Gasteiger partial charge in [-0.1, -0.05) is 155 Å². The van der Waals surface area contributed by atoms with Crippen LogP contribution >= 0.6 is 0 Å². The first-order valence-electron chi connectivity index (χ1n) is 29.9. The van der Waals surface area contributed by atoms with E-state index < -0.39 is 37.0 Å². The summed E-state index contributed by atoms with van der Waals surface area (Å²) in [6.07, 6.45) is 11.4. The van der Waals surface area contributed by atoms with Gasteiger partial charge in [-0.2, -0.15) is 0 Å². The van der Waals surface area contributed by atoms with Gasteiger partial charge in [-0.3, -0.25) is 0 Å². The van der Waals surface area contributed by atoms with Gasteiger partial charge >= 0.3 is 0 Å². The molecule has 4 heterocycles. The molecule has 0 aromatic heterocycles. The number of hydrogen-bond acceptors (Lipinski definition) is 11. The van der Waals surface area contributed by atoms with Crippen LogP contribution in [0.2, 0.25) is 5.04 Å². The summed E-state index contributed by atoms with van der Waals surface area (Å²) in [5.74, 6) is 1.14. The van der Waals surface area contributed by atoms with Crippen LogP contribution in [0.15, 0.2) is 152 Å². The topological polar surface area (TPSA) is 116 Å². The number of hydrogen-bond donors (Lipinski definition) is 1. The molecule has 1 spiro atoms. The summed E-state index contributed by atoms with van der Waals surface area (Å²) in [7, 11) is 0.657. The molecule has 1 N–H and O–H groups in total. The van der Waals surface area contributed by atoms with Gasteiger partial charge < -0.3 is 52.2 Å². The number of rotatable bonds is 28. The van der Waals surface area contributed by atoms with Crippen molar-refractivity contribution in [3.63, 3.8) is 0 Å². The zero-order chi connectivity index (χ0) is 57.1. The highest BCUT2D eigenvalue weighted by molar-refractivity contribution is 6.99. The van der Waals surface area contributed by atoms with Crippen molar-refractivity contribution >= 4 is 18.7 Å². The fraction of sp³-hybridized carbons (Fsp3) is 0.536. The maximum absolute atomic E-state index is 11.7. The number of ether oxygens (including phenoxy) is 9. The molecule has 438 valence electrons. The molecule has 0 radical (unpaired) electrons. The van der Waals surface area contributed by atoms with Crippen molar-refractivity contribution in [1.82, 2.24) is 0 Å². The molecule has 4 aliphatic heterocycles. The highest BCUT2D eigenvalue weighted by atomic mass is 28.4. The molecule has 4 aliphatic rings. The molecular weight excluding hydrogens is 1030 g/mol. The Kier molecular flexibility index (Phi) is 20.2. The summed E-state index contributed by atoms with van der Waals surface area (Å²) in [5, 5.41) is 14.1. The lowest BCUT2D eigenvalue weighted by molar-refractivity contribution is -0.280. The summed E-state index contributed by atoms with van der Waals surface area (Å²) in [5.41, 5.74) is 1.70. The Morgan fingerprint density at radius 1 is 0.667 bits per heavy atom. The molecular formula is C69H92O11Si. The number of aliphatic hydroxyl groups is 1. The van der Waals surface area contributed by atoms with Crippen molar-refractivity contribution in [3.05, 3.63) is 168 Å². The van der Waals surface area contributed by atoms with Crippen molar-refractivity contribution in [3.8, 4) is 11.5 Å². The van der Waals surface area contributed by atoms with Crippen molar-refractivity contribution in [2.75, 3.05) is 27.4 Å². The summed E-state index contributed by atoms with van der Waals surface area (Å²) < 4.78 is 65.6. The number of aliphatic hydroxyl groups excluding tert-OH is 1. The number of epoxide rings is 1. The van der Waals surface area contributed by atoms with Crippen LogP contribution in [0.4, 0.5) is 0 Å². The molecule has 0 amide bonds. The molecule has 4 fully saturated rings. The molecule has 1 unspecified atom stereocenters. The van der Waals surface area contributed by atoms with E-state index in [2.05, 4.69) is 127 Å². The maximum Gasteiger partial charge on any atom is 0.261 e. The Bertz CT molecular complexity index is 2680. The molecule has 5 aromatic carbocycles. The molecule has 0 aliphatic carbocycles. The fourth-order valence-electron chi connectivity index (χ4n) is 12.8. The van der Waals surface area contributed by atoms with Crippen LogP contribution in [0.25, 0.3) is 0 Å². The lowest BCUT2D eigenvalue weighted by Crippen LogP contribution is -2.67. The third-order valence-electron chi connectivity index (χ3n) is 17.7. The Morgan fingerprint density at radius 2 is 1.27 bits per heavy atom. The second kappa shape index (κ2) is 26.9. The first kappa shape index (κ1) is 60.9. The van der Waals surface area contributed by atoms with E-state index in [1.807, 2.05) is 72.8 Å². The predicted molar refractivity (Wildman–Crippen MR) is 322 cm³/mol. The monoisotopic (exact) mass is 1120 g/mol. The van der Waals surface area contributed by atoms with E-state index in [-0.39, 0.29) is 41.5 Å². The minimum Gasteiger partial charge on any atom is -0.497 e. The van der Waals surface area contributed by atoms with Crippen LogP contribution in [0.1, 0.15) is 136 Å². The zero-order valence-electron chi connectivity index (χ0n) is 49.8. The lowest BCUT2D eigenvalue weighted by atomic mass is 9.90. The molecule has 5 aromatic rings. The Hall–Kier alpha value is -4.70. The fourth-order valence-corrected chi connectivity index (χ4v) is 17.5. The number of benzene rings is 5. The van der Waals surface area contributed by atoms with Crippen LogP contribution in [-0.4, -0.2) is 100 Å². The van der Waals surface area contributed by atoms with Gasteiger partial charge in [-0.25, -0.2) is 0 Å². The second-order valence-corrected chi connectivity index (χ2v) is 29.6. The van der Waals surface area contributed by atoms with Gasteiger partial charge in [0, 0.05) is 31.8 Å². The standard InChI is InChI=1S/C69H92O11Si/c1-51(46-76-81(65(2,3)4,58-24-15-11-16-25-58)59-26-17-12-18-27-59)60-28-20-41-69(78-60)44-39-63(79-69)64-68(7,80-64)45-55(70)23-19-40-66(5,75-49-54-31-35-57(72-9)36-32-54)42-37-61(74-48-53-29-33-56(71-8)34-30-53)62-38-43-67(6,77-62)50-73-47-52-21-13-10-14-22-52/h10-19,21-27,29-36,51,55,60-64,70H,20,28,37-50H2,1-9H3/b23-19+/t51-,55?,60-,61+,62+,63-,64-,66+,67+,68-,69-/m0/s1. The van der Waals surface area contributed by atoms with E-state index in [1.54, 1.807) is 14.2 Å². The normalized spacial score (nSPS) is 26.8. The molecule has 9 rings (SSSR count).